The van der Waals surface area contributed by atoms with Crippen LogP contribution >= 0.6 is 0 Å². The van der Waals surface area contributed by atoms with E-state index in [1.54, 1.807) is 0 Å². The van der Waals surface area contributed by atoms with Crippen molar-refractivity contribution >= 4 is 14.0 Å². The van der Waals surface area contributed by atoms with Gasteiger partial charge in [-0.05, 0) is 18.9 Å². The van der Waals surface area contributed by atoms with Crippen LogP contribution in [-0.4, -0.2) is 26.7 Å². The number of nitrogens with two attached hydrogens (primary N) is 1. The molecule has 0 unspecified atom stereocenters. The standard InChI is InChI=1S/C12H25NO2Si/c1-16(2,3)9-8-15-12(14)10-6-4-5-7-11(10)13/h10-11H,4-9,13H2,1-3H3/t10-,11-/m0/s1. The Kier molecular flexibility index (Phi) is 4.99. The molecule has 4 heteroatoms. The van der Waals surface area contributed by atoms with Crippen molar-refractivity contribution in [2.75, 3.05) is 6.61 Å². The van der Waals surface area contributed by atoms with Crippen molar-refractivity contribution in [2.45, 2.75) is 57.4 Å². The first-order chi connectivity index (χ1) is 7.40. The van der Waals surface area contributed by atoms with Crippen LogP contribution in [0.4, 0.5) is 0 Å². The van der Waals surface area contributed by atoms with E-state index < -0.39 is 8.07 Å². The van der Waals surface area contributed by atoms with Crippen LogP contribution < -0.4 is 5.73 Å². The molecule has 0 aromatic heterocycles. The van der Waals surface area contributed by atoms with Gasteiger partial charge in [-0.25, -0.2) is 0 Å². The summed E-state index contributed by atoms with van der Waals surface area (Å²) in [4.78, 5) is 11.8. The second-order valence-electron chi connectivity index (χ2n) is 6.03. The quantitative estimate of drug-likeness (QED) is 0.609. The maximum Gasteiger partial charge on any atom is 0.310 e. The molecule has 0 spiro atoms. The van der Waals surface area contributed by atoms with Gasteiger partial charge in [-0.3, -0.25) is 4.79 Å². The van der Waals surface area contributed by atoms with E-state index in [1.807, 2.05) is 0 Å². The number of rotatable bonds is 4. The first kappa shape index (κ1) is 13.7. The lowest BCUT2D eigenvalue weighted by Gasteiger charge is -2.27. The fraction of sp³-hybridized carbons (Fsp3) is 0.917. The van der Waals surface area contributed by atoms with Crippen LogP contribution in [0.1, 0.15) is 25.7 Å². The molecular weight excluding hydrogens is 218 g/mol. The fourth-order valence-corrected chi connectivity index (χ4v) is 2.73. The average Bonchev–Trinajstić information content (AvgIpc) is 2.16. The van der Waals surface area contributed by atoms with E-state index in [4.69, 9.17) is 10.5 Å². The van der Waals surface area contributed by atoms with E-state index in [0.29, 0.717) is 6.61 Å². The molecule has 0 amide bonds. The van der Waals surface area contributed by atoms with Crippen LogP contribution in [0.3, 0.4) is 0 Å². The third-order valence-corrected chi connectivity index (χ3v) is 4.92. The Labute approximate surface area is 99.7 Å². The highest BCUT2D eigenvalue weighted by Gasteiger charge is 2.29. The molecule has 0 bridgehead atoms. The summed E-state index contributed by atoms with van der Waals surface area (Å²) < 4.78 is 5.34. The minimum Gasteiger partial charge on any atom is -0.466 e. The Bertz CT molecular complexity index is 238. The Balaban J connectivity index is 2.29. The van der Waals surface area contributed by atoms with Gasteiger partial charge in [0, 0.05) is 14.1 Å². The van der Waals surface area contributed by atoms with Gasteiger partial charge in [-0.1, -0.05) is 32.5 Å². The van der Waals surface area contributed by atoms with Crippen LogP contribution in [0.25, 0.3) is 0 Å². The Hall–Kier alpha value is -0.353. The third-order valence-electron chi connectivity index (χ3n) is 3.22. The Morgan fingerprint density at radius 3 is 2.50 bits per heavy atom. The van der Waals surface area contributed by atoms with Gasteiger partial charge in [0.2, 0.25) is 0 Å². The monoisotopic (exact) mass is 243 g/mol. The molecule has 1 fully saturated rings. The Morgan fingerprint density at radius 2 is 1.94 bits per heavy atom. The first-order valence-corrected chi connectivity index (χ1v) is 10.0. The fourth-order valence-electron chi connectivity index (χ4n) is 2.02. The molecule has 0 heterocycles. The van der Waals surface area contributed by atoms with Crippen LogP contribution in [0.15, 0.2) is 0 Å². The third kappa shape index (κ3) is 4.66. The van der Waals surface area contributed by atoms with Crippen molar-refractivity contribution in [3.05, 3.63) is 0 Å². The molecule has 1 aliphatic rings. The lowest BCUT2D eigenvalue weighted by molar-refractivity contribution is -0.149. The van der Waals surface area contributed by atoms with Crippen LogP contribution in [0.2, 0.25) is 25.7 Å². The molecule has 2 N–H and O–H groups in total. The van der Waals surface area contributed by atoms with Crippen molar-refractivity contribution in [3.63, 3.8) is 0 Å². The molecule has 1 rings (SSSR count). The lowest BCUT2D eigenvalue weighted by Crippen LogP contribution is -2.39. The predicted molar refractivity (Wildman–Crippen MR) is 69.0 cm³/mol. The molecule has 0 aromatic rings. The number of hydrogen-bond donors (Lipinski definition) is 1. The van der Waals surface area contributed by atoms with E-state index >= 15 is 0 Å². The first-order valence-electron chi connectivity index (χ1n) is 6.32. The zero-order valence-electron chi connectivity index (χ0n) is 10.8. The minimum absolute atomic E-state index is 0.0214. The summed E-state index contributed by atoms with van der Waals surface area (Å²) in [7, 11) is -1.10. The van der Waals surface area contributed by atoms with Crippen molar-refractivity contribution < 1.29 is 9.53 Å². The van der Waals surface area contributed by atoms with Crippen molar-refractivity contribution in [2.24, 2.45) is 11.7 Å². The van der Waals surface area contributed by atoms with E-state index in [2.05, 4.69) is 19.6 Å². The molecule has 0 saturated heterocycles. The van der Waals surface area contributed by atoms with Gasteiger partial charge in [-0.2, -0.15) is 0 Å². The van der Waals surface area contributed by atoms with Gasteiger partial charge in [0.15, 0.2) is 0 Å². The predicted octanol–water partition coefficient (Wildman–Crippen LogP) is 2.39. The topological polar surface area (TPSA) is 52.3 Å². The van der Waals surface area contributed by atoms with Gasteiger partial charge in [0.1, 0.15) is 0 Å². The van der Waals surface area contributed by atoms with Crippen molar-refractivity contribution in [1.82, 2.24) is 0 Å². The van der Waals surface area contributed by atoms with Gasteiger partial charge < -0.3 is 10.5 Å². The van der Waals surface area contributed by atoms with Gasteiger partial charge in [0.05, 0.1) is 12.5 Å². The Morgan fingerprint density at radius 1 is 1.31 bits per heavy atom. The van der Waals surface area contributed by atoms with Crippen molar-refractivity contribution in [1.29, 1.82) is 0 Å². The van der Waals surface area contributed by atoms with E-state index in [0.717, 1.165) is 31.7 Å². The number of esters is 1. The summed E-state index contributed by atoms with van der Waals surface area (Å²) in [5.41, 5.74) is 5.95. The number of carbonyl (C=O) groups is 1. The largest absolute Gasteiger partial charge is 0.466 e. The van der Waals surface area contributed by atoms with E-state index in [9.17, 15) is 4.79 Å². The highest BCUT2D eigenvalue weighted by molar-refractivity contribution is 6.76. The number of carbonyl (C=O) groups excluding carboxylic acids is 1. The summed E-state index contributed by atoms with van der Waals surface area (Å²) in [5.74, 6) is -0.110. The van der Waals surface area contributed by atoms with Gasteiger partial charge in [0.25, 0.3) is 0 Å². The summed E-state index contributed by atoms with van der Waals surface area (Å²) >= 11 is 0. The summed E-state index contributed by atoms with van der Waals surface area (Å²) in [6, 6.07) is 1.06. The van der Waals surface area contributed by atoms with Crippen LogP contribution in [-0.2, 0) is 9.53 Å². The summed E-state index contributed by atoms with van der Waals surface area (Å²) in [5, 5.41) is 0. The highest BCUT2D eigenvalue weighted by Crippen LogP contribution is 2.24. The molecule has 16 heavy (non-hydrogen) atoms. The number of ether oxygens (including phenoxy) is 1. The average molecular weight is 243 g/mol. The molecule has 3 nitrogen and oxygen atoms in total. The molecule has 1 aliphatic carbocycles. The van der Waals surface area contributed by atoms with Gasteiger partial charge >= 0.3 is 5.97 Å². The van der Waals surface area contributed by atoms with E-state index in [-0.39, 0.29) is 17.9 Å². The maximum absolute atomic E-state index is 11.8. The highest BCUT2D eigenvalue weighted by atomic mass is 28.3. The summed E-state index contributed by atoms with van der Waals surface area (Å²) in [6.45, 7) is 7.44. The zero-order chi connectivity index (χ0) is 12.2. The smallest absolute Gasteiger partial charge is 0.310 e. The molecule has 0 aliphatic heterocycles. The summed E-state index contributed by atoms with van der Waals surface area (Å²) in [6.07, 6.45) is 4.14. The maximum atomic E-state index is 11.8. The minimum atomic E-state index is -1.10. The van der Waals surface area contributed by atoms with Crippen LogP contribution in [0, 0.1) is 5.92 Å². The number of hydrogen-bond acceptors (Lipinski definition) is 3. The molecular formula is C12H25NO2Si. The zero-order valence-corrected chi connectivity index (χ0v) is 11.8. The van der Waals surface area contributed by atoms with E-state index in [1.165, 1.54) is 0 Å². The van der Waals surface area contributed by atoms with Gasteiger partial charge in [-0.15, -0.1) is 0 Å². The second kappa shape index (κ2) is 5.82. The SMILES string of the molecule is C[Si](C)(C)CCOC(=O)[C@H]1CCCC[C@@H]1N. The van der Waals surface area contributed by atoms with Crippen molar-refractivity contribution in [3.8, 4) is 0 Å². The molecule has 94 valence electrons. The normalized spacial score (nSPS) is 26.5. The lowest BCUT2D eigenvalue weighted by atomic mass is 9.85. The second-order valence-corrected chi connectivity index (χ2v) is 11.7. The molecule has 1 saturated carbocycles. The van der Waals surface area contributed by atoms with Crippen LogP contribution in [0.5, 0.6) is 0 Å². The molecule has 0 aromatic carbocycles. The molecule has 2 atom stereocenters. The molecule has 0 radical (unpaired) electrons.